The van der Waals surface area contributed by atoms with Crippen molar-refractivity contribution in [2.24, 2.45) is 5.41 Å². The van der Waals surface area contributed by atoms with Gasteiger partial charge in [0.1, 0.15) is 19.3 Å². The Morgan fingerprint density at radius 2 is 2.00 bits per heavy atom. The Bertz CT molecular complexity index is 740. The van der Waals surface area contributed by atoms with Crippen LogP contribution in [-0.4, -0.2) is 31.8 Å². The molecule has 27 heavy (non-hydrogen) atoms. The lowest BCUT2D eigenvalue weighted by Crippen LogP contribution is -2.34. The highest BCUT2D eigenvalue weighted by atomic mass is 16.5. The Hall–Kier alpha value is -2.78. The predicted molar refractivity (Wildman–Crippen MR) is 102 cm³/mol. The smallest absolute Gasteiger partial charge is 0.323 e. The van der Waals surface area contributed by atoms with Crippen LogP contribution in [0.15, 0.2) is 43.5 Å². The van der Waals surface area contributed by atoms with Crippen LogP contribution in [0.1, 0.15) is 31.9 Å². The van der Waals surface area contributed by atoms with E-state index < -0.39 is 11.5 Å². The molecule has 0 spiro atoms. The lowest BCUT2D eigenvalue weighted by atomic mass is 9.80. The molecule has 6 heteroatoms. The molecule has 3 atom stereocenters. The molecule has 2 rings (SSSR count). The number of nitriles is 1. The second kappa shape index (κ2) is 9.24. The molecule has 0 aliphatic carbocycles. The molecule has 0 aromatic heterocycles. The molecule has 0 amide bonds. The summed E-state index contributed by atoms with van der Waals surface area (Å²) in [4.78, 5) is 12.1. The van der Waals surface area contributed by atoms with Crippen molar-refractivity contribution in [3.8, 4) is 17.6 Å². The molecule has 1 saturated heterocycles. The van der Waals surface area contributed by atoms with Crippen LogP contribution in [-0.2, 0) is 9.53 Å². The first-order valence-electron chi connectivity index (χ1n) is 8.94. The zero-order chi connectivity index (χ0) is 19.9. The number of esters is 1. The molecule has 1 aliphatic rings. The first kappa shape index (κ1) is 20.5. The van der Waals surface area contributed by atoms with Gasteiger partial charge < -0.3 is 14.2 Å². The normalized spacial score (nSPS) is 23.9. The van der Waals surface area contributed by atoms with E-state index >= 15 is 0 Å². The number of carbonyl (C=O) groups is 1. The summed E-state index contributed by atoms with van der Waals surface area (Å²) in [5.74, 6) is 0.797. The summed E-state index contributed by atoms with van der Waals surface area (Å²) in [6, 6.07) is 7.01. The molecular weight excluding hydrogens is 344 g/mol. The maximum absolute atomic E-state index is 12.1. The average Bonchev–Trinajstić information content (AvgIpc) is 3.03. The quantitative estimate of drug-likeness (QED) is 0.531. The second-order valence-electron chi connectivity index (χ2n) is 6.54. The van der Waals surface area contributed by atoms with E-state index in [1.54, 1.807) is 25.1 Å². The van der Waals surface area contributed by atoms with Gasteiger partial charge in [-0.3, -0.25) is 10.1 Å². The second-order valence-corrected chi connectivity index (χ2v) is 6.54. The number of nitrogens with one attached hydrogen (secondary N) is 1. The van der Waals surface area contributed by atoms with Gasteiger partial charge in [-0.2, -0.15) is 5.26 Å². The fourth-order valence-corrected chi connectivity index (χ4v) is 3.19. The number of ether oxygens (including phenoxy) is 3. The van der Waals surface area contributed by atoms with Gasteiger partial charge in [0.2, 0.25) is 0 Å². The molecule has 0 radical (unpaired) electrons. The minimum absolute atomic E-state index is 0.305. The number of nitrogens with zero attached hydrogens (tertiary/aromatic N) is 1. The van der Waals surface area contributed by atoms with Crippen molar-refractivity contribution < 1.29 is 19.0 Å². The van der Waals surface area contributed by atoms with Gasteiger partial charge in [-0.25, -0.2) is 0 Å². The van der Waals surface area contributed by atoms with Gasteiger partial charge in [0.05, 0.1) is 24.1 Å². The Morgan fingerprint density at radius 3 is 2.59 bits per heavy atom. The molecule has 0 unspecified atom stereocenters. The van der Waals surface area contributed by atoms with Crippen molar-refractivity contribution in [3.63, 3.8) is 0 Å². The van der Waals surface area contributed by atoms with Crippen molar-refractivity contribution in [3.05, 3.63) is 49.1 Å². The summed E-state index contributed by atoms with van der Waals surface area (Å²) in [5, 5.41) is 13.0. The molecule has 1 heterocycles. The summed E-state index contributed by atoms with van der Waals surface area (Å²) in [7, 11) is 0. The number of benzene rings is 1. The lowest BCUT2D eigenvalue weighted by Gasteiger charge is -2.24. The molecule has 0 saturated carbocycles. The first-order chi connectivity index (χ1) is 13.0. The van der Waals surface area contributed by atoms with Gasteiger partial charge in [-0.05, 0) is 38.0 Å². The molecular formula is C21H26N2O4. The largest absolute Gasteiger partial charge is 0.486 e. The molecule has 1 N–H and O–H groups in total. The van der Waals surface area contributed by atoms with Gasteiger partial charge in [0, 0.05) is 0 Å². The van der Waals surface area contributed by atoms with Crippen LogP contribution in [0.2, 0.25) is 0 Å². The minimum Gasteiger partial charge on any atom is -0.486 e. The average molecular weight is 370 g/mol. The van der Waals surface area contributed by atoms with E-state index in [0.717, 1.165) is 5.56 Å². The van der Waals surface area contributed by atoms with Gasteiger partial charge in [-0.1, -0.05) is 31.4 Å². The van der Waals surface area contributed by atoms with Crippen LogP contribution in [0.5, 0.6) is 11.5 Å². The first-order valence-corrected chi connectivity index (χ1v) is 8.94. The Balaban J connectivity index is 2.33. The highest BCUT2D eigenvalue weighted by Crippen LogP contribution is 2.45. The van der Waals surface area contributed by atoms with Gasteiger partial charge in [-0.15, -0.1) is 0 Å². The number of hydrogen-bond acceptors (Lipinski definition) is 6. The van der Waals surface area contributed by atoms with Crippen molar-refractivity contribution >= 4 is 5.97 Å². The molecule has 1 fully saturated rings. The molecule has 144 valence electrons. The number of hydrogen-bond donors (Lipinski definition) is 1. The van der Waals surface area contributed by atoms with E-state index in [9.17, 15) is 10.1 Å². The summed E-state index contributed by atoms with van der Waals surface area (Å²) in [6.45, 7) is 11.9. The van der Waals surface area contributed by atoms with E-state index in [1.165, 1.54) is 0 Å². The highest BCUT2D eigenvalue weighted by Gasteiger charge is 2.48. The molecule has 1 aliphatic heterocycles. The fourth-order valence-electron chi connectivity index (χ4n) is 3.19. The Kier molecular flexibility index (Phi) is 7.03. The van der Waals surface area contributed by atoms with Crippen LogP contribution in [0.25, 0.3) is 0 Å². The van der Waals surface area contributed by atoms with E-state index in [1.807, 2.05) is 19.1 Å². The summed E-state index contributed by atoms with van der Waals surface area (Å²) in [6.07, 6.45) is 3.68. The summed E-state index contributed by atoms with van der Waals surface area (Å²) >= 11 is 0. The standard InChI is InChI=1S/C21H26N2O4/c1-5-10-26-17-9-8-15(12-18(17)27-11-6-2)19-21(4,14-22)13-16(23-19)20(24)25-7-3/h5-6,8-9,12,16,19,23H,1-2,7,10-11,13H2,3-4H3/t16-,19-,21+/m0/s1. The maximum atomic E-state index is 12.1. The zero-order valence-electron chi connectivity index (χ0n) is 15.9. The third kappa shape index (κ3) is 4.69. The fraction of sp³-hybridized carbons (Fsp3) is 0.429. The lowest BCUT2D eigenvalue weighted by molar-refractivity contribution is -0.145. The van der Waals surface area contributed by atoms with Crippen LogP contribution >= 0.6 is 0 Å². The van der Waals surface area contributed by atoms with Crippen molar-refractivity contribution in [2.75, 3.05) is 19.8 Å². The molecule has 1 aromatic rings. The van der Waals surface area contributed by atoms with Crippen molar-refractivity contribution in [1.29, 1.82) is 5.26 Å². The van der Waals surface area contributed by atoms with Crippen LogP contribution in [0, 0.1) is 16.7 Å². The molecule has 1 aromatic carbocycles. The van der Waals surface area contributed by atoms with E-state index in [2.05, 4.69) is 24.5 Å². The number of rotatable bonds is 9. The van der Waals surface area contributed by atoms with E-state index in [0.29, 0.717) is 37.7 Å². The Morgan fingerprint density at radius 1 is 1.33 bits per heavy atom. The molecule has 0 bridgehead atoms. The minimum atomic E-state index is -0.753. The third-order valence-corrected chi connectivity index (χ3v) is 4.47. The summed E-state index contributed by atoms with van der Waals surface area (Å²) < 4.78 is 16.5. The number of carbonyl (C=O) groups excluding carboxylic acids is 1. The van der Waals surface area contributed by atoms with Crippen molar-refractivity contribution in [1.82, 2.24) is 5.32 Å². The van der Waals surface area contributed by atoms with Crippen molar-refractivity contribution in [2.45, 2.75) is 32.4 Å². The SMILES string of the molecule is C=CCOc1ccc([C@@H]2N[C@H](C(=O)OCC)C[C@]2(C)C#N)cc1OCC=C. The molecule has 6 nitrogen and oxygen atoms in total. The predicted octanol–water partition coefficient (Wildman–Crippen LogP) is 3.31. The zero-order valence-corrected chi connectivity index (χ0v) is 15.9. The summed E-state index contributed by atoms with van der Waals surface area (Å²) in [5.41, 5.74) is 0.0900. The van der Waals surface area contributed by atoms with Crippen LogP contribution < -0.4 is 14.8 Å². The van der Waals surface area contributed by atoms with Crippen LogP contribution in [0.4, 0.5) is 0 Å². The monoisotopic (exact) mass is 370 g/mol. The van der Waals surface area contributed by atoms with Gasteiger partial charge >= 0.3 is 5.97 Å². The van der Waals surface area contributed by atoms with Gasteiger partial charge in [0.15, 0.2) is 11.5 Å². The van der Waals surface area contributed by atoms with E-state index in [-0.39, 0.29) is 12.0 Å². The maximum Gasteiger partial charge on any atom is 0.323 e. The third-order valence-electron chi connectivity index (χ3n) is 4.47. The van der Waals surface area contributed by atoms with Gasteiger partial charge in [0.25, 0.3) is 0 Å². The topological polar surface area (TPSA) is 80.6 Å². The highest BCUT2D eigenvalue weighted by molar-refractivity contribution is 5.76. The van der Waals surface area contributed by atoms with E-state index in [4.69, 9.17) is 14.2 Å². The Labute approximate surface area is 160 Å². The van der Waals surface area contributed by atoms with Crippen LogP contribution in [0.3, 0.4) is 0 Å².